The topological polar surface area (TPSA) is 32.3 Å². The number of halogens is 4. The van der Waals surface area contributed by atoms with Gasteiger partial charge in [0.25, 0.3) is 12.9 Å². The zero-order chi connectivity index (χ0) is 10.4. The van der Waals surface area contributed by atoms with Gasteiger partial charge in [-0.2, -0.15) is 0 Å². The molecule has 0 heterocycles. The van der Waals surface area contributed by atoms with Gasteiger partial charge in [-0.1, -0.05) is 6.58 Å². The molecule has 0 rings (SSSR count). The predicted molar refractivity (Wildman–Crippen MR) is 40.0 cm³/mol. The molecule has 0 aliphatic carbocycles. The zero-order valence-corrected chi connectivity index (χ0v) is 6.81. The maximum atomic E-state index is 12.0. The minimum absolute atomic E-state index is 0.580. The van der Waals surface area contributed by atoms with E-state index in [2.05, 4.69) is 11.9 Å². The van der Waals surface area contributed by atoms with Crippen LogP contribution in [0.25, 0.3) is 0 Å². The van der Waals surface area contributed by atoms with Crippen molar-refractivity contribution in [2.24, 2.45) is 0 Å². The zero-order valence-electron chi connectivity index (χ0n) is 6.81. The Kier molecular flexibility index (Phi) is 5.65. The van der Waals surface area contributed by atoms with Crippen LogP contribution in [0.3, 0.4) is 0 Å². The fraction of sp³-hybridized carbons (Fsp3) is 0.714. The highest BCUT2D eigenvalue weighted by molar-refractivity contribution is 5.08. The Hall–Kier alpha value is -0.620. The lowest BCUT2D eigenvalue weighted by molar-refractivity contribution is 0.126. The third kappa shape index (κ3) is 4.84. The van der Waals surface area contributed by atoms with Crippen LogP contribution >= 0.6 is 0 Å². The number of rotatable bonds is 6. The van der Waals surface area contributed by atoms with Crippen LogP contribution in [0.2, 0.25) is 0 Å². The summed E-state index contributed by atoms with van der Waals surface area (Å²) in [6, 6.07) is -1.17. The SMILES string of the molecule is C=C(C(F)F)[C@@H](CO)NCC(F)F. The molecule has 2 nitrogen and oxygen atoms in total. The van der Waals surface area contributed by atoms with E-state index >= 15 is 0 Å². The van der Waals surface area contributed by atoms with Gasteiger partial charge in [0.2, 0.25) is 0 Å². The van der Waals surface area contributed by atoms with Crippen LogP contribution in [0, 0.1) is 0 Å². The monoisotopic (exact) mass is 201 g/mol. The first kappa shape index (κ1) is 12.4. The second kappa shape index (κ2) is 5.93. The van der Waals surface area contributed by atoms with Crippen molar-refractivity contribution < 1.29 is 22.7 Å². The van der Waals surface area contributed by atoms with Gasteiger partial charge >= 0.3 is 0 Å². The second-order valence-electron chi connectivity index (χ2n) is 2.41. The van der Waals surface area contributed by atoms with Crippen molar-refractivity contribution in [2.75, 3.05) is 13.2 Å². The first-order chi connectivity index (χ1) is 5.99. The molecule has 0 fully saturated rings. The molecule has 0 aromatic rings. The quantitative estimate of drug-likeness (QED) is 0.496. The maximum absolute atomic E-state index is 12.0. The van der Waals surface area contributed by atoms with Gasteiger partial charge < -0.3 is 10.4 Å². The van der Waals surface area contributed by atoms with Crippen LogP contribution in [0.4, 0.5) is 17.6 Å². The molecule has 78 valence electrons. The molecule has 0 aliphatic rings. The third-order valence-electron chi connectivity index (χ3n) is 1.43. The fourth-order valence-corrected chi connectivity index (χ4v) is 0.696. The summed E-state index contributed by atoms with van der Waals surface area (Å²) in [6.45, 7) is 1.58. The Morgan fingerprint density at radius 3 is 2.15 bits per heavy atom. The van der Waals surface area contributed by atoms with Gasteiger partial charge in [0.05, 0.1) is 19.2 Å². The smallest absolute Gasteiger partial charge is 0.261 e. The normalized spacial score (nSPS) is 13.8. The first-order valence-electron chi connectivity index (χ1n) is 3.58. The Bertz CT molecular complexity index is 163. The van der Waals surface area contributed by atoms with E-state index in [4.69, 9.17) is 5.11 Å². The average Bonchev–Trinajstić information content (AvgIpc) is 2.04. The van der Waals surface area contributed by atoms with Gasteiger partial charge in [-0.15, -0.1) is 0 Å². The molecule has 0 bridgehead atoms. The van der Waals surface area contributed by atoms with Crippen LogP contribution in [0.1, 0.15) is 0 Å². The van der Waals surface area contributed by atoms with E-state index in [0.29, 0.717) is 0 Å². The molecule has 0 unspecified atom stereocenters. The first-order valence-corrected chi connectivity index (χ1v) is 3.58. The average molecular weight is 201 g/mol. The van der Waals surface area contributed by atoms with Crippen LogP contribution in [0.15, 0.2) is 12.2 Å². The maximum Gasteiger partial charge on any atom is 0.261 e. The van der Waals surface area contributed by atoms with Crippen LogP contribution in [-0.4, -0.2) is 37.2 Å². The van der Waals surface area contributed by atoms with Crippen molar-refractivity contribution in [3.63, 3.8) is 0 Å². The van der Waals surface area contributed by atoms with E-state index in [-0.39, 0.29) is 0 Å². The molecular weight excluding hydrogens is 190 g/mol. The molecule has 0 amide bonds. The van der Waals surface area contributed by atoms with Gasteiger partial charge in [-0.3, -0.25) is 0 Å². The van der Waals surface area contributed by atoms with Crippen molar-refractivity contribution in [1.82, 2.24) is 5.32 Å². The molecule has 0 aliphatic heterocycles. The number of nitrogens with one attached hydrogen (secondary N) is 1. The summed E-state index contributed by atoms with van der Waals surface area (Å²) in [7, 11) is 0. The predicted octanol–water partition coefficient (Wildman–Crippen LogP) is 1.02. The third-order valence-corrected chi connectivity index (χ3v) is 1.43. The molecule has 13 heavy (non-hydrogen) atoms. The molecule has 6 heteroatoms. The lowest BCUT2D eigenvalue weighted by atomic mass is 10.1. The summed E-state index contributed by atoms with van der Waals surface area (Å²) < 4.78 is 47.2. The van der Waals surface area contributed by atoms with E-state index in [1.807, 2.05) is 0 Å². The van der Waals surface area contributed by atoms with Crippen molar-refractivity contribution in [3.05, 3.63) is 12.2 Å². The standard InChI is InChI=1S/C7H11F4NO/c1-4(7(10)11)5(3-13)12-2-6(8)9/h5-7,12-13H,1-3H2/t5-/m1/s1. The Morgan fingerprint density at radius 2 is 1.85 bits per heavy atom. The Labute approximate surface area is 73.2 Å². The molecular formula is C7H11F4NO. The van der Waals surface area contributed by atoms with Crippen molar-refractivity contribution >= 4 is 0 Å². The highest BCUT2D eigenvalue weighted by atomic mass is 19.3. The lowest BCUT2D eigenvalue weighted by Crippen LogP contribution is -2.38. The van der Waals surface area contributed by atoms with Crippen molar-refractivity contribution in [2.45, 2.75) is 18.9 Å². The fourth-order valence-electron chi connectivity index (χ4n) is 0.696. The second-order valence-corrected chi connectivity index (χ2v) is 2.41. The highest BCUT2D eigenvalue weighted by Crippen LogP contribution is 2.10. The van der Waals surface area contributed by atoms with E-state index in [0.717, 1.165) is 0 Å². The van der Waals surface area contributed by atoms with Gasteiger partial charge in [-0.05, 0) is 0 Å². The summed E-state index contributed by atoms with van der Waals surface area (Å²) in [5.41, 5.74) is -0.580. The molecule has 0 saturated heterocycles. The van der Waals surface area contributed by atoms with Crippen LogP contribution < -0.4 is 5.32 Å². The summed E-state index contributed by atoms with van der Waals surface area (Å²) in [6.07, 6.45) is -5.46. The van der Waals surface area contributed by atoms with E-state index < -0.39 is 37.6 Å². The summed E-state index contributed by atoms with van der Waals surface area (Å²) >= 11 is 0. The molecule has 0 aromatic carbocycles. The minimum atomic E-state index is -2.82. The van der Waals surface area contributed by atoms with Gasteiger partial charge in [0, 0.05) is 5.57 Å². The molecule has 2 N–H and O–H groups in total. The van der Waals surface area contributed by atoms with Gasteiger partial charge in [-0.25, -0.2) is 17.6 Å². The Balaban J connectivity index is 3.95. The van der Waals surface area contributed by atoms with Crippen LogP contribution in [-0.2, 0) is 0 Å². The molecule has 0 radical (unpaired) electrons. The number of hydrogen-bond acceptors (Lipinski definition) is 2. The van der Waals surface area contributed by atoms with E-state index in [1.165, 1.54) is 0 Å². The van der Waals surface area contributed by atoms with E-state index in [9.17, 15) is 17.6 Å². The lowest BCUT2D eigenvalue weighted by Gasteiger charge is -2.17. The van der Waals surface area contributed by atoms with Gasteiger partial charge in [0.1, 0.15) is 0 Å². The number of hydrogen-bond donors (Lipinski definition) is 2. The number of alkyl halides is 4. The number of aliphatic hydroxyl groups excluding tert-OH is 1. The van der Waals surface area contributed by atoms with Crippen molar-refractivity contribution in [3.8, 4) is 0 Å². The molecule has 0 spiro atoms. The summed E-state index contributed by atoms with van der Waals surface area (Å²) in [5, 5.41) is 10.6. The molecule has 0 saturated carbocycles. The van der Waals surface area contributed by atoms with Gasteiger partial charge in [0.15, 0.2) is 0 Å². The minimum Gasteiger partial charge on any atom is -0.394 e. The Morgan fingerprint density at radius 1 is 1.31 bits per heavy atom. The highest BCUT2D eigenvalue weighted by Gasteiger charge is 2.19. The summed E-state index contributed by atoms with van der Waals surface area (Å²) in [5.74, 6) is 0. The number of aliphatic hydroxyl groups is 1. The molecule has 0 aromatic heterocycles. The summed E-state index contributed by atoms with van der Waals surface area (Å²) in [4.78, 5) is 0. The van der Waals surface area contributed by atoms with Crippen LogP contribution in [0.5, 0.6) is 0 Å². The van der Waals surface area contributed by atoms with Crippen molar-refractivity contribution in [1.29, 1.82) is 0 Å². The largest absolute Gasteiger partial charge is 0.394 e. The molecule has 1 atom stereocenters. The van der Waals surface area contributed by atoms with E-state index in [1.54, 1.807) is 0 Å².